The number of nitrogens with zero attached hydrogens (tertiary/aromatic N) is 2. The van der Waals surface area contributed by atoms with E-state index in [9.17, 15) is 4.79 Å². The Kier molecular flexibility index (Phi) is 5.49. The van der Waals surface area contributed by atoms with Crippen LogP contribution >= 0.6 is 0 Å². The number of ether oxygens (including phenoxy) is 3. The lowest BCUT2D eigenvalue weighted by molar-refractivity contribution is 0.102. The molecule has 0 fully saturated rings. The summed E-state index contributed by atoms with van der Waals surface area (Å²) >= 11 is 0. The van der Waals surface area contributed by atoms with Crippen LogP contribution in [0.25, 0.3) is 11.3 Å². The first-order chi connectivity index (χ1) is 13.5. The van der Waals surface area contributed by atoms with Crippen LogP contribution < -0.4 is 19.5 Å². The minimum atomic E-state index is -0.372. The summed E-state index contributed by atoms with van der Waals surface area (Å²) in [6.07, 6.45) is 0. The summed E-state index contributed by atoms with van der Waals surface area (Å²) < 4.78 is 21.1. The van der Waals surface area contributed by atoms with Crippen molar-refractivity contribution < 1.29 is 23.5 Å². The lowest BCUT2D eigenvalue weighted by Gasteiger charge is -2.14. The van der Waals surface area contributed by atoms with Crippen LogP contribution in [-0.4, -0.2) is 37.4 Å². The summed E-state index contributed by atoms with van der Waals surface area (Å²) in [5.41, 5.74) is 2.86. The van der Waals surface area contributed by atoms with Gasteiger partial charge in [0.15, 0.2) is 11.5 Å². The highest BCUT2D eigenvalue weighted by Gasteiger charge is 2.17. The van der Waals surface area contributed by atoms with E-state index < -0.39 is 0 Å². The number of nitrogens with one attached hydrogen (secondary N) is 1. The first kappa shape index (κ1) is 19.2. The molecule has 0 atom stereocenters. The first-order valence-corrected chi connectivity index (χ1v) is 8.50. The van der Waals surface area contributed by atoms with Gasteiger partial charge in [0.1, 0.15) is 11.5 Å². The van der Waals surface area contributed by atoms with E-state index in [0.29, 0.717) is 40.1 Å². The van der Waals surface area contributed by atoms with Crippen molar-refractivity contribution in [2.75, 3.05) is 26.6 Å². The fourth-order valence-corrected chi connectivity index (χ4v) is 2.90. The van der Waals surface area contributed by atoms with Crippen molar-refractivity contribution in [3.63, 3.8) is 0 Å². The van der Waals surface area contributed by atoms with E-state index in [4.69, 9.17) is 18.7 Å². The van der Waals surface area contributed by atoms with E-state index >= 15 is 0 Å². The van der Waals surface area contributed by atoms with E-state index in [2.05, 4.69) is 15.5 Å². The summed E-state index contributed by atoms with van der Waals surface area (Å²) in [5, 5.41) is 6.74. The number of rotatable bonds is 6. The third-order valence-electron chi connectivity index (χ3n) is 4.19. The van der Waals surface area contributed by atoms with Crippen LogP contribution in [0.5, 0.6) is 17.2 Å². The largest absolute Gasteiger partial charge is 0.493 e. The molecule has 0 saturated carbocycles. The number of aromatic nitrogens is 2. The van der Waals surface area contributed by atoms with Crippen LogP contribution in [0.15, 0.2) is 34.9 Å². The van der Waals surface area contributed by atoms with Crippen LogP contribution in [0.2, 0.25) is 0 Å². The molecule has 28 heavy (non-hydrogen) atoms. The molecule has 3 rings (SSSR count). The Hall–Kier alpha value is -3.55. The Morgan fingerprint density at radius 1 is 1.04 bits per heavy atom. The van der Waals surface area contributed by atoms with E-state index in [0.717, 1.165) is 5.56 Å². The molecule has 0 aliphatic heterocycles. The topological polar surface area (TPSA) is 95.7 Å². The third-order valence-corrected chi connectivity index (χ3v) is 4.19. The van der Waals surface area contributed by atoms with Crippen LogP contribution in [0.4, 0.5) is 5.69 Å². The Bertz CT molecular complexity index is 968. The molecule has 0 aliphatic carbocycles. The van der Waals surface area contributed by atoms with Crippen LogP contribution in [0, 0.1) is 13.8 Å². The van der Waals surface area contributed by atoms with Gasteiger partial charge < -0.3 is 24.1 Å². The van der Waals surface area contributed by atoms with Crippen molar-refractivity contribution in [2.24, 2.45) is 0 Å². The molecule has 1 N–H and O–H groups in total. The molecule has 0 aliphatic rings. The van der Waals surface area contributed by atoms with E-state index in [1.807, 2.05) is 13.0 Å². The average molecular weight is 383 g/mol. The highest BCUT2D eigenvalue weighted by molar-refractivity contribution is 6.03. The van der Waals surface area contributed by atoms with Gasteiger partial charge in [0.2, 0.25) is 5.75 Å². The van der Waals surface area contributed by atoms with Crippen molar-refractivity contribution in [1.82, 2.24) is 10.1 Å². The smallest absolute Gasteiger partial charge is 0.274 e. The maximum atomic E-state index is 12.7. The quantitative estimate of drug-likeness (QED) is 0.694. The predicted octanol–water partition coefficient (Wildman–Crippen LogP) is 3.63. The van der Waals surface area contributed by atoms with Gasteiger partial charge in [0, 0.05) is 17.8 Å². The van der Waals surface area contributed by atoms with Crippen molar-refractivity contribution in [3.8, 4) is 28.5 Å². The normalized spacial score (nSPS) is 10.5. The molecule has 8 nitrogen and oxygen atoms in total. The zero-order valence-electron chi connectivity index (χ0n) is 16.3. The van der Waals surface area contributed by atoms with E-state index in [1.165, 1.54) is 21.3 Å². The number of amides is 1. The second-order valence-corrected chi connectivity index (χ2v) is 5.98. The maximum absolute atomic E-state index is 12.7. The number of carbonyl (C=O) groups is 1. The minimum Gasteiger partial charge on any atom is -0.493 e. The molecule has 0 radical (unpaired) electrons. The van der Waals surface area contributed by atoms with Gasteiger partial charge in [0.05, 0.1) is 38.3 Å². The van der Waals surface area contributed by atoms with Gasteiger partial charge in [-0.3, -0.25) is 4.79 Å². The lowest BCUT2D eigenvalue weighted by Crippen LogP contribution is -2.14. The number of carbonyl (C=O) groups excluding carboxylic acids is 1. The number of hydrogen-bond donors (Lipinski definition) is 1. The summed E-state index contributed by atoms with van der Waals surface area (Å²) in [5.74, 6) is 1.60. The van der Waals surface area contributed by atoms with Gasteiger partial charge in [0.25, 0.3) is 5.91 Å². The molecule has 8 heteroatoms. The van der Waals surface area contributed by atoms with Gasteiger partial charge in [-0.2, -0.15) is 0 Å². The van der Waals surface area contributed by atoms with Crippen LogP contribution in [-0.2, 0) is 0 Å². The van der Waals surface area contributed by atoms with Crippen molar-refractivity contribution >= 4 is 11.6 Å². The summed E-state index contributed by atoms with van der Waals surface area (Å²) in [6.45, 7) is 3.63. The Morgan fingerprint density at radius 3 is 2.25 bits per heavy atom. The van der Waals surface area contributed by atoms with Crippen LogP contribution in [0.3, 0.4) is 0 Å². The molecule has 1 amide bonds. The zero-order valence-corrected chi connectivity index (χ0v) is 16.3. The summed E-state index contributed by atoms with van der Waals surface area (Å²) in [6, 6.07) is 8.50. The predicted molar refractivity (Wildman–Crippen MR) is 103 cm³/mol. The highest BCUT2D eigenvalue weighted by Crippen LogP contribution is 2.40. The number of anilines is 1. The average Bonchev–Trinajstić information content (AvgIpc) is 3.05. The number of methoxy groups -OCH3 is 3. The van der Waals surface area contributed by atoms with Gasteiger partial charge in [-0.25, -0.2) is 4.98 Å². The fourth-order valence-electron chi connectivity index (χ4n) is 2.90. The molecule has 2 heterocycles. The van der Waals surface area contributed by atoms with Crippen molar-refractivity contribution in [1.29, 1.82) is 0 Å². The molecule has 2 aromatic heterocycles. The molecule has 0 saturated heterocycles. The van der Waals surface area contributed by atoms with Gasteiger partial charge in [-0.15, -0.1) is 0 Å². The molecular weight excluding hydrogens is 362 g/mol. The SMILES string of the molecule is COc1cc(NC(=O)c2cccc(-c3c(C)noc3C)n2)cc(OC)c1OC. The maximum Gasteiger partial charge on any atom is 0.274 e. The second-order valence-electron chi connectivity index (χ2n) is 5.98. The monoisotopic (exact) mass is 383 g/mol. The highest BCUT2D eigenvalue weighted by atomic mass is 16.5. The Balaban J connectivity index is 1.91. The van der Waals surface area contributed by atoms with Gasteiger partial charge in [-0.05, 0) is 26.0 Å². The minimum absolute atomic E-state index is 0.256. The molecule has 1 aromatic carbocycles. The molecule has 3 aromatic rings. The number of pyridine rings is 1. The Morgan fingerprint density at radius 2 is 1.71 bits per heavy atom. The summed E-state index contributed by atoms with van der Waals surface area (Å²) in [7, 11) is 4.54. The standard InChI is InChI=1S/C20H21N3O5/c1-11-18(12(2)28-23-11)14-7-6-8-15(22-14)20(24)21-13-9-16(25-3)19(27-5)17(10-13)26-4/h6-10H,1-5H3,(H,21,24). The van der Waals surface area contributed by atoms with Gasteiger partial charge >= 0.3 is 0 Å². The molecule has 0 spiro atoms. The number of aryl methyl sites for hydroxylation is 2. The van der Waals surface area contributed by atoms with E-state index in [1.54, 1.807) is 31.2 Å². The van der Waals surface area contributed by atoms with Gasteiger partial charge in [-0.1, -0.05) is 11.2 Å². The first-order valence-electron chi connectivity index (χ1n) is 8.50. The van der Waals surface area contributed by atoms with Crippen LogP contribution in [0.1, 0.15) is 21.9 Å². The molecule has 0 unspecified atom stereocenters. The third kappa shape index (κ3) is 3.62. The second kappa shape index (κ2) is 7.99. The Labute approximate surface area is 162 Å². The zero-order chi connectivity index (χ0) is 20.3. The lowest BCUT2D eigenvalue weighted by atomic mass is 10.1. The summed E-state index contributed by atoms with van der Waals surface area (Å²) in [4.78, 5) is 17.2. The number of hydrogen-bond acceptors (Lipinski definition) is 7. The number of benzene rings is 1. The molecule has 146 valence electrons. The fraction of sp³-hybridized carbons (Fsp3) is 0.250. The molecular formula is C20H21N3O5. The van der Waals surface area contributed by atoms with Crippen molar-refractivity contribution in [3.05, 3.63) is 47.5 Å². The van der Waals surface area contributed by atoms with E-state index in [-0.39, 0.29) is 11.6 Å². The molecule has 0 bridgehead atoms. The van der Waals surface area contributed by atoms with Crippen molar-refractivity contribution in [2.45, 2.75) is 13.8 Å².